The molecule has 0 N–H and O–H groups in total. The van der Waals surface area contributed by atoms with E-state index in [1.807, 2.05) is 31.2 Å². The zero-order valence-electron chi connectivity index (χ0n) is 7.11. The van der Waals surface area contributed by atoms with E-state index in [0.29, 0.717) is 0 Å². The number of hydrogen-bond donors (Lipinski definition) is 0. The predicted molar refractivity (Wildman–Crippen MR) is 51.1 cm³/mol. The predicted octanol–water partition coefficient (Wildman–Crippen LogP) is 2.23. The van der Waals surface area contributed by atoms with Crippen molar-refractivity contribution in [2.75, 3.05) is 0 Å². The van der Waals surface area contributed by atoms with Crippen LogP contribution in [0.25, 0.3) is 5.69 Å². The minimum absolute atomic E-state index is 0.724. The van der Waals surface area contributed by atoms with Crippen LogP contribution in [-0.4, -0.2) is 14.8 Å². The summed E-state index contributed by atoms with van der Waals surface area (Å²) in [6.07, 6.45) is 1.53. The van der Waals surface area contributed by atoms with Crippen LogP contribution in [0, 0.1) is 6.92 Å². The molecule has 0 saturated carbocycles. The topological polar surface area (TPSA) is 30.7 Å². The molecule has 0 spiro atoms. The molecule has 0 bridgehead atoms. The fourth-order valence-corrected chi connectivity index (χ4v) is 1.26. The Morgan fingerprint density at radius 3 is 2.46 bits per heavy atom. The third-order valence-corrected chi connectivity index (χ3v) is 2.04. The first-order valence-electron chi connectivity index (χ1n) is 3.90. The van der Waals surface area contributed by atoms with Crippen LogP contribution in [0.2, 0.25) is 5.02 Å². The molecule has 2 rings (SSSR count). The number of halogens is 1. The van der Waals surface area contributed by atoms with Crippen LogP contribution in [0.15, 0.2) is 30.6 Å². The molecule has 1 aromatic carbocycles. The summed E-state index contributed by atoms with van der Waals surface area (Å²) in [5.74, 6) is 0.863. The Labute approximate surface area is 81.0 Å². The SMILES string of the molecule is Cc1ncnn1-c1ccc(Cl)cc1. The summed E-state index contributed by atoms with van der Waals surface area (Å²) in [5.41, 5.74) is 0.972. The van der Waals surface area contributed by atoms with Gasteiger partial charge in [0.25, 0.3) is 0 Å². The summed E-state index contributed by atoms with van der Waals surface area (Å²) >= 11 is 5.77. The van der Waals surface area contributed by atoms with Crippen LogP contribution < -0.4 is 0 Å². The molecule has 0 aliphatic rings. The lowest BCUT2D eigenvalue weighted by atomic mass is 10.3. The van der Waals surface area contributed by atoms with E-state index in [1.165, 1.54) is 6.33 Å². The highest BCUT2D eigenvalue weighted by Crippen LogP contribution is 2.12. The fraction of sp³-hybridized carbons (Fsp3) is 0.111. The lowest BCUT2D eigenvalue weighted by molar-refractivity contribution is 0.840. The molecule has 0 fully saturated rings. The lowest BCUT2D eigenvalue weighted by Crippen LogP contribution is -1.98. The highest BCUT2D eigenvalue weighted by molar-refractivity contribution is 6.30. The molecular weight excluding hydrogens is 186 g/mol. The summed E-state index contributed by atoms with van der Waals surface area (Å²) < 4.78 is 1.76. The first-order valence-corrected chi connectivity index (χ1v) is 4.28. The van der Waals surface area contributed by atoms with Crippen molar-refractivity contribution >= 4 is 11.6 Å². The Morgan fingerprint density at radius 2 is 1.92 bits per heavy atom. The summed E-state index contributed by atoms with van der Waals surface area (Å²) in [7, 11) is 0. The van der Waals surface area contributed by atoms with Crippen LogP contribution in [0.5, 0.6) is 0 Å². The largest absolute Gasteiger partial charge is 0.220 e. The summed E-state index contributed by atoms with van der Waals surface area (Å²) in [6.45, 7) is 1.90. The molecule has 3 nitrogen and oxygen atoms in total. The first kappa shape index (κ1) is 8.26. The molecule has 0 unspecified atom stereocenters. The normalized spacial score (nSPS) is 10.3. The molecule has 0 radical (unpaired) electrons. The van der Waals surface area contributed by atoms with Crippen molar-refractivity contribution in [3.05, 3.63) is 41.4 Å². The molecule has 2 aromatic rings. The Bertz CT molecular complexity index is 405. The average molecular weight is 194 g/mol. The number of aryl methyl sites for hydroxylation is 1. The van der Waals surface area contributed by atoms with Crippen molar-refractivity contribution in [2.24, 2.45) is 0 Å². The van der Waals surface area contributed by atoms with Gasteiger partial charge in [0.2, 0.25) is 0 Å². The van der Waals surface area contributed by atoms with Gasteiger partial charge in [-0.25, -0.2) is 9.67 Å². The molecule has 4 heteroatoms. The maximum atomic E-state index is 5.77. The van der Waals surface area contributed by atoms with Crippen LogP contribution in [0.3, 0.4) is 0 Å². The third kappa shape index (κ3) is 1.55. The summed E-state index contributed by atoms with van der Waals surface area (Å²) in [4.78, 5) is 4.03. The smallest absolute Gasteiger partial charge is 0.138 e. The van der Waals surface area contributed by atoms with Crippen molar-refractivity contribution < 1.29 is 0 Å². The Morgan fingerprint density at radius 1 is 1.23 bits per heavy atom. The minimum Gasteiger partial charge on any atom is -0.220 e. The second-order valence-corrected chi connectivity index (χ2v) is 3.13. The molecule has 0 aliphatic carbocycles. The quantitative estimate of drug-likeness (QED) is 0.696. The molecule has 1 heterocycles. The lowest BCUT2D eigenvalue weighted by Gasteiger charge is -2.01. The van der Waals surface area contributed by atoms with Gasteiger partial charge in [-0.15, -0.1) is 0 Å². The van der Waals surface area contributed by atoms with Crippen molar-refractivity contribution in [3.8, 4) is 5.69 Å². The van der Waals surface area contributed by atoms with E-state index in [0.717, 1.165) is 16.5 Å². The summed E-state index contributed by atoms with van der Waals surface area (Å²) in [6, 6.07) is 7.48. The highest BCUT2D eigenvalue weighted by atomic mass is 35.5. The van der Waals surface area contributed by atoms with E-state index >= 15 is 0 Å². The van der Waals surface area contributed by atoms with E-state index in [1.54, 1.807) is 4.68 Å². The van der Waals surface area contributed by atoms with Crippen LogP contribution in [0.4, 0.5) is 0 Å². The molecule has 66 valence electrons. The van der Waals surface area contributed by atoms with Crippen molar-refractivity contribution in [3.63, 3.8) is 0 Å². The highest BCUT2D eigenvalue weighted by Gasteiger charge is 2.00. The molecule has 0 saturated heterocycles. The zero-order valence-corrected chi connectivity index (χ0v) is 7.86. The van der Waals surface area contributed by atoms with Crippen molar-refractivity contribution in [1.82, 2.24) is 14.8 Å². The Kier molecular flexibility index (Phi) is 2.02. The van der Waals surface area contributed by atoms with E-state index < -0.39 is 0 Å². The van der Waals surface area contributed by atoms with Gasteiger partial charge in [-0.3, -0.25) is 0 Å². The fourth-order valence-electron chi connectivity index (χ4n) is 1.14. The summed E-state index contributed by atoms with van der Waals surface area (Å²) in [5, 5.41) is 4.80. The minimum atomic E-state index is 0.724. The van der Waals surface area contributed by atoms with E-state index in [9.17, 15) is 0 Å². The third-order valence-electron chi connectivity index (χ3n) is 1.79. The van der Waals surface area contributed by atoms with E-state index in [4.69, 9.17) is 11.6 Å². The Balaban J connectivity index is 2.47. The van der Waals surface area contributed by atoms with Gasteiger partial charge in [0, 0.05) is 5.02 Å². The van der Waals surface area contributed by atoms with Crippen molar-refractivity contribution in [1.29, 1.82) is 0 Å². The first-order chi connectivity index (χ1) is 6.27. The molecule has 0 aliphatic heterocycles. The molecule has 1 aromatic heterocycles. The van der Waals surface area contributed by atoms with Gasteiger partial charge in [-0.05, 0) is 31.2 Å². The van der Waals surface area contributed by atoms with Crippen LogP contribution in [0.1, 0.15) is 5.82 Å². The van der Waals surface area contributed by atoms with Crippen LogP contribution in [-0.2, 0) is 0 Å². The average Bonchev–Trinajstić information content (AvgIpc) is 2.53. The van der Waals surface area contributed by atoms with Gasteiger partial charge in [-0.1, -0.05) is 11.6 Å². The number of benzene rings is 1. The standard InChI is InChI=1S/C9H8ClN3/c1-7-11-6-12-13(7)9-4-2-8(10)3-5-9/h2-6H,1H3. The second kappa shape index (κ2) is 3.18. The van der Waals surface area contributed by atoms with Crippen LogP contribution >= 0.6 is 11.6 Å². The molecule has 0 atom stereocenters. The van der Waals surface area contributed by atoms with Gasteiger partial charge in [0.05, 0.1) is 5.69 Å². The number of rotatable bonds is 1. The number of aromatic nitrogens is 3. The molecule has 13 heavy (non-hydrogen) atoms. The maximum absolute atomic E-state index is 5.77. The number of hydrogen-bond acceptors (Lipinski definition) is 2. The monoisotopic (exact) mass is 193 g/mol. The van der Waals surface area contributed by atoms with Crippen molar-refractivity contribution in [2.45, 2.75) is 6.92 Å². The van der Waals surface area contributed by atoms with E-state index in [2.05, 4.69) is 10.1 Å². The van der Waals surface area contributed by atoms with Gasteiger partial charge >= 0.3 is 0 Å². The maximum Gasteiger partial charge on any atom is 0.138 e. The van der Waals surface area contributed by atoms with Gasteiger partial charge < -0.3 is 0 Å². The Hall–Kier alpha value is -1.35. The molecule has 0 amide bonds. The van der Waals surface area contributed by atoms with Gasteiger partial charge in [0.1, 0.15) is 12.2 Å². The zero-order chi connectivity index (χ0) is 9.26. The number of nitrogens with zero attached hydrogens (tertiary/aromatic N) is 3. The molecular formula is C9H8ClN3. The van der Waals surface area contributed by atoms with Gasteiger partial charge in [0.15, 0.2) is 0 Å². The van der Waals surface area contributed by atoms with Gasteiger partial charge in [-0.2, -0.15) is 5.10 Å². The van der Waals surface area contributed by atoms with E-state index in [-0.39, 0.29) is 0 Å². The second-order valence-electron chi connectivity index (χ2n) is 2.70.